The van der Waals surface area contributed by atoms with Crippen molar-refractivity contribution >= 4 is 28.2 Å². The lowest BCUT2D eigenvalue weighted by Gasteiger charge is -2.38. The number of carbonyl (C=O) groups is 1. The van der Waals surface area contributed by atoms with Gasteiger partial charge in [0.25, 0.3) is 0 Å². The van der Waals surface area contributed by atoms with E-state index in [1.54, 1.807) is 10.8 Å². The van der Waals surface area contributed by atoms with Crippen LogP contribution in [0.1, 0.15) is 26.3 Å². The Balaban J connectivity index is 1.50. The van der Waals surface area contributed by atoms with Crippen LogP contribution in [0.5, 0.6) is 0 Å². The summed E-state index contributed by atoms with van der Waals surface area (Å²) < 4.78 is 15.6. The van der Waals surface area contributed by atoms with Crippen LogP contribution in [0.15, 0.2) is 48.7 Å². The first kappa shape index (κ1) is 22.6. The van der Waals surface area contributed by atoms with Gasteiger partial charge in [-0.3, -0.25) is 9.69 Å². The highest BCUT2D eigenvalue weighted by atomic mass is 32.2. The smallest absolute Gasteiger partial charge is 0.228 e. The van der Waals surface area contributed by atoms with Gasteiger partial charge in [-0.15, -0.1) is 0 Å². The number of carbonyl (C=O) groups excluding carboxylic acids is 1. The van der Waals surface area contributed by atoms with Crippen LogP contribution in [0.3, 0.4) is 0 Å². The van der Waals surface area contributed by atoms with Gasteiger partial charge in [-0.25, -0.2) is 13.0 Å². The predicted molar refractivity (Wildman–Crippen MR) is 130 cm³/mol. The fourth-order valence-electron chi connectivity index (χ4n) is 4.05. The zero-order valence-electron chi connectivity index (χ0n) is 19.1. The first-order valence-corrected chi connectivity index (χ1v) is 12.5. The summed E-state index contributed by atoms with van der Waals surface area (Å²) in [4.78, 5) is 14.5. The Morgan fingerprint density at radius 1 is 1.22 bits per heavy atom. The van der Waals surface area contributed by atoms with Crippen LogP contribution in [0.4, 0.5) is 5.82 Å². The molecule has 3 aromatic rings. The average Bonchev–Trinajstić information content (AvgIpc) is 3.18. The summed E-state index contributed by atoms with van der Waals surface area (Å²) in [5.41, 5.74) is 4.40. The molecule has 3 heterocycles. The first-order chi connectivity index (χ1) is 15.3. The SMILES string of the molecule is CC(C)C(=O)Nc1cc2c(-c3ccc(CN4CCN(S(C)=O)C[C@H]4C)cc3)cccn2n1. The van der Waals surface area contributed by atoms with E-state index >= 15 is 0 Å². The normalized spacial score (nSPS) is 18.8. The maximum absolute atomic E-state index is 12.0. The second kappa shape index (κ2) is 9.52. The van der Waals surface area contributed by atoms with Gasteiger partial charge in [-0.2, -0.15) is 5.10 Å². The third-order valence-corrected chi connectivity index (χ3v) is 7.08. The quantitative estimate of drug-likeness (QED) is 0.621. The predicted octanol–water partition coefficient (Wildman–Crippen LogP) is 3.40. The van der Waals surface area contributed by atoms with Crippen molar-refractivity contribution in [3.8, 4) is 11.1 Å². The first-order valence-electron chi connectivity index (χ1n) is 11.0. The topological polar surface area (TPSA) is 70.0 Å². The van der Waals surface area contributed by atoms with Gasteiger partial charge >= 0.3 is 0 Å². The average molecular weight is 454 g/mol. The van der Waals surface area contributed by atoms with Crippen molar-refractivity contribution in [2.45, 2.75) is 33.4 Å². The molecule has 7 nitrogen and oxygen atoms in total. The molecule has 0 radical (unpaired) electrons. The Labute approximate surface area is 192 Å². The van der Waals surface area contributed by atoms with Crippen LogP contribution < -0.4 is 5.32 Å². The number of hydrogen-bond donors (Lipinski definition) is 1. The molecule has 1 amide bonds. The molecule has 8 heteroatoms. The van der Waals surface area contributed by atoms with Crippen molar-refractivity contribution < 1.29 is 9.00 Å². The molecule has 1 saturated heterocycles. The summed E-state index contributed by atoms with van der Waals surface area (Å²) in [6.45, 7) is 9.40. The van der Waals surface area contributed by atoms with E-state index in [0.717, 1.165) is 42.8 Å². The molecule has 0 saturated carbocycles. The second-order valence-corrected chi connectivity index (χ2v) is 10.1. The van der Waals surface area contributed by atoms with E-state index in [0.29, 0.717) is 11.9 Å². The fraction of sp³-hybridized carbons (Fsp3) is 0.417. The lowest BCUT2D eigenvalue weighted by molar-refractivity contribution is -0.118. The van der Waals surface area contributed by atoms with E-state index in [-0.39, 0.29) is 11.8 Å². The molecule has 2 aromatic heterocycles. The summed E-state index contributed by atoms with van der Waals surface area (Å²) in [6, 6.07) is 15.0. The Morgan fingerprint density at radius 2 is 1.97 bits per heavy atom. The highest BCUT2D eigenvalue weighted by Crippen LogP contribution is 2.27. The van der Waals surface area contributed by atoms with E-state index in [4.69, 9.17) is 0 Å². The number of fused-ring (bicyclic) bond motifs is 1. The summed E-state index contributed by atoms with van der Waals surface area (Å²) in [5.74, 6) is 0.426. The molecule has 0 bridgehead atoms. The van der Waals surface area contributed by atoms with E-state index in [1.165, 1.54) is 5.56 Å². The van der Waals surface area contributed by atoms with Crippen molar-refractivity contribution in [2.24, 2.45) is 5.92 Å². The molecular formula is C24H31N5O2S. The highest BCUT2D eigenvalue weighted by molar-refractivity contribution is 7.81. The molecular weight excluding hydrogens is 422 g/mol. The Bertz CT molecular complexity index is 1130. The maximum Gasteiger partial charge on any atom is 0.228 e. The van der Waals surface area contributed by atoms with Gasteiger partial charge in [0.05, 0.1) is 16.5 Å². The molecule has 1 aromatic carbocycles. The molecule has 1 N–H and O–H groups in total. The third-order valence-electron chi connectivity index (χ3n) is 6.02. The minimum atomic E-state index is -0.898. The van der Waals surface area contributed by atoms with Crippen molar-refractivity contribution in [1.29, 1.82) is 0 Å². The Morgan fingerprint density at radius 3 is 2.62 bits per heavy atom. The van der Waals surface area contributed by atoms with Crippen LogP contribution in [0, 0.1) is 5.92 Å². The Hall–Kier alpha value is -2.55. The molecule has 32 heavy (non-hydrogen) atoms. The number of benzene rings is 1. The maximum atomic E-state index is 12.0. The molecule has 1 aliphatic rings. The monoisotopic (exact) mass is 453 g/mol. The van der Waals surface area contributed by atoms with E-state index in [1.807, 2.05) is 36.5 Å². The van der Waals surface area contributed by atoms with Crippen molar-refractivity contribution in [2.75, 3.05) is 31.2 Å². The van der Waals surface area contributed by atoms with Crippen molar-refractivity contribution in [1.82, 2.24) is 18.8 Å². The number of amides is 1. The summed E-state index contributed by atoms with van der Waals surface area (Å²) >= 11 is 0. The van der Waals surface area contributed by atoms with Crippen molar-refractivity contribution in [3.05, 3.63) is 54.2 Å². The Kier molecular flexibility index (Phi) is 6.74. The van der Waals surface area contributed by atoms with E-state index in [9.17, 15) is 9.00 Å². The van der Waals surface area contributed by atoms with E-state index < -0.39 is 11.0 Å². The van der Waals surface area contributed by atoms with Gasteiger partial charge < -0.3 is 5.32 Å². The number of hydrogen-bond acceptors (Lipinski definition) is 4. The van der Waals surface area contributed by atoms with Gasteiger partial charge in [0.15, 0.2) is 5.82 Å². The third kappa shape index (κ3) is 4.92. The number of rotatable bonds is 6. The van der Waals surface area contributed by atoms with Crippen molar-refractivity contribution in [3.63, 3.8) is 0 Å². The minimum absolute atomic E-state index is 0.0421. The number of aromatic nitrogens is 2. The lowest BCUT2D eigenvalue weighted by Crippen LogP contribution is -2.51. The lowest BCUT2D eigenvalue weighted by atomic mass is 10.0. The number of piperazine rings is 1. The molecule has 1 aliphatic heterocycles. The number of anilines is 1. The van der Waals surface area contributed by atoms with Gasteiger partial charge in [-0.1, -0.05) is 44.2 Å². The molecule has 4 rings (SSSR count). The van der Waals surface area contributed by atoms with Gasteiger partial charge in [0, 0.05) is 62.2 Å². The van der Waals surface area contributed by atoms with Crippen LogP contribution in [0.25, 0.3) is 16.6 Å². The zero-order chi connectivity index (χ0) is 22.8. The van der Waals surface area contributed by atoms with Gasteiger partial charge in [0.2, 0.25) is 5.91 Å². The molecule has 1 unspecified atom stereocenters. The fourth-order valence-corrected chi connectivity index (χ4v) is 4.81. The molecule has 0 spiro atoms. The van der Waals surface area contributed by atoms with Crippen LogP contribution >= 0.6 is 0 Å². The molecule has 1 fully saturated rings. The summed E-state index contributed by atoms with van der Waals surface area (Å²) in [7, 11) is -0.898. The molecule has 170 valence electrons. The van der Waals surface area contributed by atoms with Crippen LogP contribution in [-0.4, -0.2) is 60.9 Å². The highest BCUT2D eigenvalue weighted by Gasteiger charge is 2.25. The zero-order valence-corrected chi connectivity index (χ0v) is 19.9. The summed E-state index contributed by atoms with van der Waals surface area (Å²) in [5, 5.41) is 7.37. The number of nitrogens with zero attached hydrogens (tertiary/aromatic N) is 4. The standard InChI is InChI=1S/C24H31N5O2S/c1-17(2)24(30)25-23-14-22-21(6-5-11-29(22)26-23)20-9-7-19(8-10-20)16-27-12-13-28(32(4)31)15-18(27)3/h5-11,14,17-18H,12-13,15-16H2,1-4H3,(H,25,26,30)/t18-,32?/m1/s1. The van der Waals surface area contributed by atoms with E-state index in [2.05, 4.69) is 52.6 Å². The number of pyridine rings is 1. The minimum Gasteiger partial charge on any atom is -0.309 e. The second-order valence-electron chi connectivity index (χ2n) is 8.75. The van der Waals surface area contributed by atoms with Crippen LogP contribution in [0.2, 0.25) is 0 Å². The number of nitrogens with one attached hydrogen (secondary N) is 1. The summed E-state index contributed by atoms with van der Waals surface area (Å²) in [6.07, 6.45) is 3.64. The largest absolute Gasteiger partial charge is 0.309 e. The van der Waals surface area contributed by atoms with Gasteiger partial charge in [-0.05, 0) is 24.1 Å². The van der Waals surface area contributed by atoms with Crippen LogP contribution in [-0.2, 0) is 22.3 Å². The molecule has 2 atom stereocenters. The molecule has 0 aliphatic carbocycles. The van der Waals surface area contributed by atoms with Gasteiger partial charge in [0.1, 0.15) is 0 Å².